The van der Waals surface area contributed by atoms with E-state index in [2.05, 4.69) is 37.4 Å². The quantitative estimate of drug-likeness (QED) is 0.827. The van der Waals surface area contributed by atoms with Gasteiger partial charge in [-0.05, 0) is 67.8 Å². The minimum atomic E-state index is 0.228. The van der Waals surface area contributed by atoms with Crippen molar-refractivity contribution in [3.63, 3.8) is 0 Å². The SMILES string of the molecule is CNC(Cc1cc(Cl)ccc1Cl)c1cccc(C)c1C. The highest BCUT2D eigenvalue weighted by Gasteiger charge is 2.15. The van der Waals surface area contributed by atoms with E-state index < -0.39 is 0 Å². The molecule has 0 aliphatic heterocycles. The number of benzene rings is 2. The fourth-order valence-electron chi connectivity index (χ4n) is 2.44. The predicted octanol–water partition coefficient (Wildman–Crippen LogP) is 5.11. The molecule has 0 bridgehead atoms. The molecule has 0 amide bonds. The molecule has 0 aliphatic carbocycles. The highest BCUT2D eigenvalue weighted by atomic mass is 35.5. The molecule has 2 aromatic carbocycles. The molecular weight excluding hydrogens is 289 g/mol. The minimum absolute atomic E-state index is 0.228. The van der Waals surface area contributed by atoms with Crippen LogP contribution in [0.5, 0.6) is 0 Å². The first-order chi connectivity index (χ1) is 9.52. The first-order valence-corrected chi connectivity index (χ1v) is 7.46. The zero-order valence-corrected chi connectivity index (χ0v) is 13.5. The number of hydrogen-bond acceptors (Lipinski definition) is 1. The van der Waals surface area contributed by atoms with E-state index in [-0.39, 0.29) is 6.04 Å². The summed E-state index contributed by atoms with van der Waals surface area (Å²) in [5, 5.41) is 4.87. The third kappa shape index (κ3) is 3.35. The maximum absolute atomic E-state index is 6.27. The molecule has 1 unspecified atom stereocenters. The number of halogens is 2. The lowest BCUT2D eigenvalue weighted by Gasteiger charge is -2.21. The topological polar surface area (TPSA) is 12.0 Å². The summed E-state index contributed by atoms with van der Waals surface area (Å²) in [5.74, 6) is 0. The van der Waals surface area contributed by atoms with Crippen LogP contribution in [0.15, 0.2) is 36.4 Å². The number of nitrogens with one attached hydrogen (secondary N) is 1. The molecule has 20 heavy (non-hydrogen) atoms. The monoisotopic (exact) mass is 307 g/mol. The van der Waals surface area contributed by atoms with Gasteiger partial charge in [0.2, 0.25) is 0 Å². The summed E-state index contributed by atoms with van der Waals surface area (Å²) in [6, 6.07) is 12.3. The molecule has 2 aromatic rings. The van der Waals surface area contributed by atoms with Crippen LogP contribution in [0.3, 0.4) is 0 Å². The van der Waals surface area contributed by atoms with Crippen LogP contribution in [0.4, 0.5) is 0 Å². The van der Waals surface area contributed by atoms with Crippen molar-refractivity contribution < 1.29 is 0 Å². The van der Waals surface area contributed by atoms with E-state index in [1.165, 1.54) is 16.7 Å². The molecule has 0 saturated carbocycles. The van der Waals surface area contributed by atoms with Gasteiger partial charge in [-0.2, -0.15) is 0 Å². The normalized spacial score (nSPS) is 12.4. The fourth-order valence-corrected chi connectivity index (χ4v) is 2.83. The van der Waals surface area contributed by atoms with Gasteiger partial charge in [-0.15, -0.1) is 0 Å². The first-order valence-electron chi connectivity index (χ1n) is 6.70. The first kappa shape index (κ1) is 15.4. The number of hydrogen-bond donors (Lipinski definition) is 1. The van der Waals surface area contributed by atoms with Crippen molar-refractivity contribution in [2.45, 2.75) is 26.3 Å². The van der Waals surface area contributed by atoms with Gasteiger partial charge in [0.15, 0.2) is 0 Å². The summed E-state index contributed by atoms with van der Waals surface area (Å²) in [4.78, 5) is 0. The summed E-state index contributed by atoms with van der Waals surface area (Å²) >= 11 is 12.3. The Morgan fingerprint density at radius 1 is 1.10 bits per heavy atom. The van der Waals surface area contributed by atoms with Crippen molar-refractivity contribution in [1.82, 2.24) is 5.32 Å². The molecule has 1 atom stereocenters. The summed E-state index contributed by atoms with van der Waals surface area (Å²) in [6.07, 6.45) is 0.820. The van der Waals surface area contributed by atoms with Gasteiger partial charge in [-0.3, -0.25) is 0 Å². The third-order valence-electron chi connectivity index (χ3n) is 3.80. The van der Waals surface area contributed by atoms with Gasteiger partial charge < -0.3 is 5.32 Å². The van der Waals surface area contributed by atoms with Crippen LogP contribution in [-0.4, -0.2) is 7.05 Å². The molecule has 3 heteroatoms. The number of rotatable bonds is 4. The number of likely N-dealkylation sites (N-methyl/N-ethyl adjacent to an activating group) is 1. The van der Waals surface area contributed by atoms with Crippen LogP contribution in [0, 0.1) is 13.8 Å². The van der Waals surface area contributed by atoms with E-state index in [4.69, 9.17) is 23.2 Å². The van der Waals surface area contributed by atoms with Gasteiger partial charge >= 0.3 is 0 Å². The van der Waals surface area contributed by atoms with Gasteiger partial charge in [0.25, 0.3) is 0 Å². The van der Waals surface area contributed by atoms with Gasteiger partial charge in [0.05, 0.1) is 0 Å². The van der Waals surface area contributed by atoms with Crippen molar-refractivity contribution in [2.75, 3.05) is 7.05 Å². The predicted molar refractivity (Wildman–Crippen MR) is 87.9 cm³/mol. The van der Waals surface area contributed by atoms with Crippen molar-refractivity contribution in [2.24, 2.45) is 0 Å². The molecule has 106 valence electrons. The van der Waals surface area contributed by atoms with Crippen molar-refractivity contribution in [3.05, 3.63) is 68.7 Å². The molecule has 0 aliphatic rings. The van der Waals surface area contributed by atoms with Crippen LogP contribution in [0.25, 0.3) is 0 Å². The van der Waals surface area contributed by atoms with Gasteiger partial charge in [-0.25, -0.2) is 0 Å². The smallest absolute Gasteiger partial charge is 0.0439 e. The average Bonchev–Trinajstić information content (AvgIpc) is 2.43. The fraction of sp³-hybridized carbons (Fsp3) is 0.294. The molecule has 2 rings (SSSR count). The molecular formula is C17H19Cl2N. The molecule has 1 N–H and O–H groups in total. The molecule has 0 fully saturated rings. The summed E-state index contributed by atoms with van der Waals surface area (Å²) in [7, 11) is 1.98. The Balaban J connectivity index is 2.34. The molecule has 0 saturated heterocycles. The van der Waals surface area contributed by atoms with Crippen LogP contribution in [-0.2, 0) is 6.42 Å². The Bertz CT molecular complexity index is 608. The van der Waals surface area contributed by atoms with Crippen LogP contribution >= 0.6 is 23.2 Å². The minimum Gasteiger partial charge on any atom is -0.313 e. The molecule has 0 heterocycles. The van der Waals surface area contributed by atoms with Crippen molar-refractivity contribution in [1.29, 1.82) is 0 Å². The van der Waals surface area contributed by atoms with Crippen molar-refractivity contribution in [3.8, 4) is 0 Å². The Hall–Kier alpha value is -1.02. The van der Waals surface area contributed by atoms with Gasteiger partial charge in [0.1, 0.15) is 0 Å². The standard InChI is InChI=1S/C17H19Cl2N/c1-11-5-4-6-15(12(11)2)17(20-3)10-13-9-14(18)7-8-16(13)19/h4-9,17,20H,10H2,1-3H3. The van der Waals surface area contributed by atoms with E-state index in [0.717, 1.165) is 22.0 Å². The number of aryl methyl sites for hydroxylation is 1. The summed E-state index contributed by atoms with van der Waals surface area (Å²) in [5.41, 5.74) is 5.01. The summed E-state index contributed by atoms with van der Waals surface area (Å²) in [6.45, 7) is 4.30. The largest absolute Gasteiger partial charge is 0.313 e. The third-order valence-corrected chi connectivity index (χ3v) is 4.41. The van der Waals surface area contributed by atoms with Crippen LogP contribution < -0.4 is 5.32 Å². The maximum atomic E-state index is 6.27. The zero-order chi connectivity index (χ0) is 14.7. The Kier molecular flexibility index (Phi) is 5.09. The maximum Gasteiger partial charge on any atom is 0.0439 e. The van der Waals surface area contributed by atoms with Gasteiger partial charge in [0, 0.05) is 16.1 Å². The van der Waals surface area contributed by atoms with E-state index in [1.54, 1.807) is 0 Å². The molecule has 0 aromatic heterocycles. The lowest BCUT2D eigenvalue weighted by molar-refractivity contribution is 0.588. The van der Waals surface area contributed by atoms with Crippen molar-refractivity contribution >= 4 is 23.2 Å². The molecule has 0 radical (unpaired) electrons. The molecule has 1 nitrogen and oxygen atoms in total. The highest BCUT2D eigenvalue weighted by molar-refractivity contribution is 6.33. The lowest BCUT2D eigenvalue weighted by Crippen LogP contribution is -2.20. The van der Waals surface area contributed by atoms with Crippen LogP contribution in [0.1, 0.15) is 28.3 Å². The second-order valence-electron chi connectivity index (χ2n) is 5.07. The highest BCUT2D eigenvalue weighted by Crippen LogP contribution is 2.28. The van der Waals surface area contributed by atoms with E-state index in [0.29, 0.717) is 0 Å². The van der Waals surface area contributed by atoms with E-state index in [9.17, 15) is 0 Å². The van der Waals surface area contributed by atoms with Gasteiger partial charge in [-0.1, -0.05) is 41.4 Å². The Morgan fingerprint density at radius 2 is 1.85 bits per heavy atom. The zero-order valence-electron chi connectivity index (χ0n) is 12.0. The Morgan fingerprint density at radius 3 is 2.55 bits per heavy atom. The van der Waals surface area contributed by atoms with E-state index in [1.807, 2.05) is 25.2 Å². The lowest BCUT2D eigenvalue weighted by atomic mass is 9.93. The summed E-state index contributed by atoms with van der Waals surface area (Å²) < 4.78 is 0. The second-order valence-corrected chi connectivity index (χ2v) is 5.91. The molecule has 0 spiro atoms. The van der Waals surface area contributed by atoms with Crippen LogP contribution in [0.2, 0.25) is 10.0 Å². The van der Waals surface area contributed by atoms with E-state index >= 15 is 0 Å². The average molecular weight is 308 g/mol. The second kappa shape index (κ2) is 6.62. The Labute approximate surface area is 130 Å².